The summed E-state index contributed by atoms with van der Waals surface area (Å²) in [5.74, 6) is 2.59. The van der Waals surface area contributed by atoms with Gasteiger partial charge in [-0.1, -0.05) is 0 Å². The highest BCUT2D eigenvalue weighted by Gasteiger charge is 2.04. The molecule has 0 atom stereocenters. The number of nitrogens with one attached hydrogen (secondary N) is 3. The minimum Gasteiger partial charge on any atom is -0.356 e. The molecule has 1 aliphatic rings. The maximum atomic E-state index is 4.22. The Hall–Kier alpha value is -1.59. The van der Waals surface area contributed by atoms with E-state index in [-0.39, 0.29) is 0 Å². The Balaban J connectivity index is 1.72. The Bertz CT molecular complexity index is 328. The molecule has 6 nitrogen and oxygen atoms in total. The van der Waals surface area contributed by atoms with Crippen molar-refractivity contribution < 1.29 is 0 Å². The molecule has 2 rings (SSSR count). The lowest BCUT2D eigenvalue weighted by atomic mass is 10.4. The van der Waals surface area contributed by atoms with Crippen LogP contribution in [0.5, 0.6) is 0 Å². The summed E-state index contributed by atoms with van der Waals surface area (Å²) in [5, 5.41) is 13.2. The van der Waals surface area contributed by atoms with Gasteiger partial charge in [0, 0.05) is 19.5 Å². The molecule has 0 spiro atoms. The molecule has 14 heavy (non-hydrogen) atoms. The fourth-order valence-corrected chi connectivity index (χ4v) is 1.31. The van der Waals surface area contributed by atoms with Crippen LogP contribution in [0, 0.1) is 6.92 Å². The third-order valence-electron chi connectivity index (χ3n) is 1.96. The smallest absolute Gasteiger partial charge is 0.191 e. The first kappa shape index (κ1) is 8.98. The van der Waals surface area contributed by atoms with Gasteiger partial charge in [0.15, 0.2) is 11.8 Å². The largest absolute Gasteiger partial charge is 0.356 e. The Labute approximate surface area is 82.2 Å². The van der Waals surface area contributed by atoms with Gasteiger partial charge in [-0.25, -0.2) is 4.98 Å². The van der Waals surface area contributed by atoms with Gasteiger partial charge in [-0.15, -0.1) is 0 Å². The lowest BCUT2D eigenvalue weighted by molar-refractivity contribution is 0.796. The second kappa shape index (κ2) is 4.08. The molecule has 0 radical (unpaired) electrons. The molecule has 0 fully saturated rings. The van der Waals surface area contributed by atoms with E-state index in [1.807, 2.05) is 6.92 Å². The Morgan fingerprint density at radius 3 is 3.07 bits per heavy atom. The number of rotatable bonds is 3. The number of aliphatic imine (C=N–C) groups is 1. The fraction of sp³-hybridized carbons (Fsp3) is 0.625. The molecule has 0 aromatic carbocycles. The lowest BCUT2D eigenvalue weighted by Gasteiger charge is -2.03. The minimum atomic E-state index is 0.809. The molecular weight excluding hydrogens is 180 g/mol. The fourth-order valence-electron chi connectivity index (χ4n) is 1.31. The van der Waals surface area contributed by atoms with Crippen molar-refractivity contribution in [3.8, 4) is 0 Å². The predicted molar refractivity (Wildman–Crippen MR) is 53.1 cm³/mol. The van der Waals surface area contributed by atoms with Crippen molar-refractivity contribution in [2.75, 3.05) is 19.6 Å². The molecule has 3 N–H and O–H groups in total. The number of nitrogens with zero attached hydrogens (tertiary/aromatic N) is 3. The standard InChI is InChI=1S/C8H14N6/c1-6-12-7(14-13-6)2-3-9-8-10-4-5-11-8/h2-5H2,1H3,(H2,9,10,11)(H,12,13,14). The highest BCUT2D eigenvalue weighted by atomic mass is 15.2. The molecule has 1 aromatic rings. The van der Waals surface area contributed by atoms with E-state index in [9.17, 15) is 0 Å². The monoisotopic (exact) mass is 194 g/mol. The average Bonchev–Trinajstić information content (AvgIpc) is 2.77. The first-order valence-corrected chi connectivity index (χ1v) is 4.74. The van der Waals surface area contributed by atoms with Crippen LogP contribution >= 0.6 is 0 Å². The number of hydrogen-bond acceptors (Lipinski definition) is 5. The van der Waals surface area contributed by atoms with Crippen LogP contribution in [0.3, 0.4) is 0 Å². The van der Waals surface area contributed by atoms with Gasteiger partial charge in [0.2, 0.25) is 0 Å². The van der Waals surface area contributed by atoms with Crippen molar-refractivity contribution in [3.05, 3.63) is 11.6 Å². The maximum absolute atomic E-state index is 4.22. The molecule has 76 valence electrons. The molecule has 0 bridgehead atoms. The van der Waals surface area contributed by atoms with Gasteiger partial charge < -0.3 is 10.6 Å². The van der Waals surface area contributed by atoms with E-state index in [1.54, 1.807) is 0 Å². The third kappa shape index (κ3) is 2.21. The van der Waals surface area contributed by atoms with Crippen LogP contribution in [-0.4, -0.2) is 40.8 Å². The van der Waals surface area contributed by atoms with Crippen molar-refractivity contribution in [3.63, 3.8) is 0 Å². The van der Waals surface area contributed by atoms with Gasteiger partial charge in [0.1, 0.15) is 5.82 Å². The summed E-state index contributed by atoms with van der Waals surface area (Å²) in [7, 11) is 0. The number of hydrogen-bond donors (Lipinski definition) is 3. The number of aryl methyl sites for hydroxylation is 1. The zero-order valence-electron chi connectivity index (χ0n) is 8.17. The van der Waals surface area contributed by atoms with E-state index in [4.69, 9.17) is 0 Å². The third-order valence-corrected chi connectivity index (χ3v) is 1.96. The molecule has 0 aliphatic carbocycles. The molecule has 0 saturated heterocycles. The quantitative estimate of drug-likeness (QED) is 0.589. The first-order chi connectivity index (χ1) is 6.84. The van der Waals surface area contributed by atoms with Crippen LogP contribution < -0.4 is 10.6 Å². The van der Waals surface area contributed by atoms with Crippen molar-refractivity contribution in [1.82, 2.24) is 25.8 Å². The van der Waals surface area contributed by atoms with Gasteiger partial charge >= 0.3 is 0 Å². The van der Waals surface area contributed by atoms with E-state index in [0.29, 0.717) is 0 Å². The Morgan fingerprint density at radius 2 is 2.43 bits per heavy atom. The first-order valence-electron chi connectivity index (χ1n) is 4.74. The number of aromatic nitrogens is 3. The van der Waals surface area contributed by atoms with Crippen LogP contribution in [-0.2, 0) is 6.42 Å². The summed E-state index contributed by atoms with van der Waals surface area (Å²) in [4.78, 5) is 8.43. The van der Waals surface area contributed by atoms with Crippen LogP contribution in [0.1, 0.15) is 11.6 Å². The molecule has 0 saturated carbocycles. The normalized spacial score (nSPS) is 15.1. The van der Waals surface area contributed by atoms with Gasteiger partial charge in [0.25, 0.3) is 0 Å². The zero-order valence-corrected chi connectivity index (χ0v) is 8.17. The summed E-state index contributed by atoms with van der Waals surface area (Å²) >= 11 is 0. The van der Waals surface area contributed by atoms with E-state index in [1.165, 1.54) is 0 Å². The lowest BCUT2D eigenvalue weighted by Crippen LogP contribution is -2.35. The molecule has 0 amide bonds. The molecule has 1 aliphatic heterocycles. The number of guanidine groups is 1. The van der Waals surface area contributed by atoms with Crippen LogP contribution in [0.15, 0.2) is 4.99 Å². The van der Waals surface area contributed by atoms with E-state index in [0.717, 1.165) is 43.7 Å². The van der Waals surface area contributed by atoms with Crippen molar-refractivity contribution in [2.45, 2.75) is 13.3 Å². The highest BCUT2D eigenvalue weighted by molar-refractivity contribution is 5.81. The van der Waals surface area contributed by atoms with Crippen LogP contribution in [0.4, 0.5) is 0 Å². The second-order valence-corrected chi connectivity index (χ2v) is 3.17. The van der Waals surface area contributed by atoms with E-state index >= 15 is 0 Å². The SMILES string of the molecule is Cc1nc(CCNC2=NCCN2)n[nH]1. The summed E-state index contributed by atoms with van der Waals surface area (Å²) in [6.45, 7) is 4.50. The topological polar surface area (TPSA) is 78.0 Å². The predicted octanol–water partition coefficient (Wildman–Crippen LogP) is -0.796. The molecule has 1 aromatic heterocycles. The van der Waals surface area contributed by atoms with Crippen LogP contribution in [0.25, 0.3) is 0 Å². The maximum Gasteiger partial charge on any atom is 0.191 e. The van der Waals surface area contributed by atoms with Gasteiger partial charge in [0.05, 0.1) is 6.54 Å². The average molecular weight is 194 g/mol. The van der Waals surface area contributed by atoms with Crippen molar-refractivity contribution >= 4 is 5.96 Å². The van der Waals surface area contributed by atoms with Gasteiger partial charge in [-0.05, 0) is 6.92 Å². The van der Waals surface area contributed by atoms with Gasteiger partial charge in [-0.3, -0.25) is 10.1 Å². The van der Waals surface area contributed by atoms with E-state index < -0.39 is 0 Å². The zero-order chi connectivity index (χ0) is 9.80. The molecule has 0 unspecified atom stereocenters. The van der Waals surface area contributed by atoms with E-state index in [2.05, 4.69) is 30.8 Å². The van der Waals surface area contributed by atoms with Gasteiger partial charge in [-0.2, -0.15) is 5.10 Å². The Morgan fingerprint density at radius 1 is 1.50 bits per heavy atom. The Kier molecular flexibility index (Phi) is 2.62. The van der Waals surface area contributed by atoms with Crippen molar-refractivity contribution in [1.29, 1.82) is 0 Å². The molecule has 6 heteroatoms. The number of H-pyrrole nitrogens is 1. The second-order valence-electron chi connectivity index (χ2n) is 3.17. The summed E-state index contributed by atoms with van der Waals surface area (Å²) in [6.07, 6.45) is 0.811. The summed E-state index contributed by atoms with van der Waals surface area (Å²) < 4.78 is 0. The summed E-state index contributed by atoms with van der Waals surface area (Å²) in [5.41, 5.74) is 0. The minimum absolute atomic E-state index is 0.809. The van der Waals surface area contributed by atoms with Crippen molar-refractivity contribution in [2.24, 2.45) is 4.99 Å². The highest BCUT2D eigenvalue weighted by Crippen LogP contribution is 1.91. The molecule has 2 heterocycles. The van der Waals surface area contributed by atoms with Crippen LogP contribution in [0.2, 0.25) is 0 Å². The molecular formula is C8H14N6. The number of aromatic amines is 1. The summed E-state index contributed by atoms with van der Waals surface area (Å²) in [6, 6.07) is 0.